The van der Waals surface area contributed by atoms with Crippen LogP contribution >= 0.6 is 19.7 Å². The van der Waals surface area contributed by atoms with Gasteiger partial charge in [-0.3, -0.25) is 19.4 Å². The molecule has 0 aliphatic heterocycles. The predicted octanol–water partition coefficient (Wildman–Crippen LogP) is 5.83. The van der Waals surface area contributed by atoms with E-state index in [-0.39, 0.29) is 24.8 Å². The van der Waals surface area contributed by atoms with Gasteiger partial charge in [-0.1, -0.05) is 0 Å². The van der Waals surface area contributed by atoms with Crippen LogP contribution in [0.3, 0.4) is 0 Å². The normalized spacial score (nSPS) is 14.6. The van der Waals surface area contributed by atoms with Crippen molar-refractivity contribution >= 4 is 42.0 Å². The summed E-state index contributed by atoms with van der Waals surface area (Å²) in [5, 5.41) is 5.92. The molecule has 0 bridgehead atoms. The maximum atomic E-state index is 12.8. The molecule has 0 spiro atoms. The van der Waals surface area contributed by atoms with Crippen molar-refractivity contribution in [3.05, 3.63) is 71.2 Å². The van der Waals surface area contributed by atoms with Gasteiger partial charge in [0.25, 0.3) is 5.91 Å². The summed E-state index contributed by atoms with van der Waals surface area (Å²) < 4.78 is 28.3. The highest BCUT2D eigenvalue weighted by Crippen LogP contribution is 2.37. The van der Waals surface area contributed by atoms with E-state index >= 15 is 0 Å². The molecule has 204 valence electrons. The zero-order valence-corrected chi connectivity index (χ0v) is 24.1. The first-order chi connectivity index (χ1) is 18.0. The lowest BCUT2D eigenvalue weighted by Crippen LogP contribution is -2.24. The highest BCUT2D eigenvalue weighted by molar-refractivity contribution is 7.55. The fourth-order valence-electron chi connectivity index (χ4n) is 3.06. The molecular formula is C27H33N2O7PS. The van der Waals surface area contributed by atoms with Crippen molar-refractivity contribution in [2.75, 3.05) is 19.2 Å². The van der Waals surface area contributed by atoms with E-state index in [1.54, 1.807) is 56.6 Å². The van der Waals surface area contributed by atoms with E-state index in [4.69, 9.17) is 23.3 Å². The number of nitrogens with zero attached hydrogens (tertiary/aromatic N) is 1. The second-order valence-electron chi connectivity index (χ2n) is 9.45. The standard InChI is InChI=1S/C27H33N2O7PS/c1-18(2)35-22-15-19(24(30)29-26-28-13-14-38-26)7-8-21(16-22)36-20-9-11-23(12-10-20)37(32-6)34-17-33-25(31)27(3,4)5/h8-16,18H,7,17H2,1-6H3,(H,28,29,30). The zero-order chi connectivity index (χ0) is 27.7. The molecule has 9 nitrogen and oxygen atoms in total. The first kappa shape index (κ1) is 29.5. The van der Waals surface area contributed by atoms with Crippen LogP contribution in [0, 0.1) is 5.41 Å². The number of benzene rings is 1. The summed E-state index contributed by atoms with van der Waals surface area (Å²) >= 11 is 1.35. The predicted molar refractivity (Wildman–Crippen MR) is 148 cm³/mol. The molecule has 2 aromatic rings. The maximum absolute atomic E-state index is 12.8. The lowest BCUT2D eigenvalue weighted by Gasteiger charge is -2.19. The van der Waals surface area contributed by atoms with Crippen LogP contribution in [-0.4, -0.2) is 36.9 Å². The van der Waals surface area contributed by atoms with E-state index in [0.717, 1.165) is 5.30 Å². The second-order valence-corrected chi connectivity index (χ2v) is 12.0. The topological polar surface area (TPSA) is 105 Å². The minimum Gasteiger partial charge on any atom is -0.491 e. The van der Waals surface area contributed by atoms with E-state index in [9.17, 15) is 9.59 Å². The highest BCUT2D eigenvalue weighted by Gasteiger charge is 2.24. The van der Waals surface area contributed by atoms with Crippen molar-refractivity contribution in [3.63, 3.8) is 0 Å². The molecule has 1 heterocycles. The molecule has 0 fully saturated rings. The Hall–Kier alpha value is -3.04. The Kier molecular flexibility index (Phi) is 10.6. The van der Waals surface area contributed by atoms with Gasteiger partial charge < -0.3 is 18.7 Å². The molecule has 1 aromatic carbocycles. The number of carbonyl (C=O) groups excluding carboxylic acids is 2. The van der Waals surface area contributed by atoms with Crippen molar-refractivity contribution in [3.8, 4) is 5.75 Å². The number of hydrogen-bond donors (Lipinski definition) is 1. The third-order valence-corrected chi connectivity index (χ3v) is 6.94. The molecule has 0 radical (unpaired) electrons. The number of esters is 1. The summed E-state index contributed by atoms with van der Waals surface area (Å²) in [5.74, 6) is 1.05. The van der Waals surface area contributed by atoms with Crippen LogP contribution in [0.4, 0.5) is 5.13 Å². The Morgan fingerprint density at radius 1 is 1.13 bits per heavy atom. The molecule has 1 aliphatic rings. The fourth-order valence-corrected chi connectivity index (χ4v) is 4.59. The van der Waals surface area contributed by atoms with Crippen LogP contribution in [0.15, 0.2) is 71.2 Å². The molecular weight excluding hydrogens is 527 g/mol. The number of ether oxygens (including phenoxy) is 3. The molecule has 1 aliphatic carbocycles. The van der Waals surface area contributed by atoms with Crippen LogP contribution in [0.2, 0.25) is 0 Å². The summed E-state index contributed by atoms with van der Waals surface area (Å²) in [6.45, 7) is 8.96. The van der Waals surface area contributed by atoms with E-state index in [2.05, 4.69) is 10.3 Å². The lowest BCUT2D eigenvalue weighted by molar-refractivity contribution is -0.159. The van der Waals surface area contributed by atoms with Crippen LogP contribution in [0.5, 0.6) is 5.75 Å². The molecule has 38 heavy (non-hydrogen) atoms. The highest BCUT2D eigenvalue weighted by atomic mass is 32.1. The number of rotatable bonds is 11. The fraction of sp³-hybridized carbons (Fsp3) is 0.370. The summed E-state index contributed by atoms with van der Waals surface area (Å²) in [5.41, 5.74) is -0.0862. The average molecular weight is 561 g/mol. The van der Waals surface area contributed by atoms with Gasteiger partial charge in [-0.25, -0.2) is 4.98 Å². The molecule has 1 aromatic heterocycles. The monoisotopic (exact) mass is 560 g/mol. The molecule has 0 saturated carbocycles. The Bertz CT molecular complexity index is 1180. The van der Waals surface area contributed by atoms with Gasteiger partial charge in [0.15, 0.2) is 11.9 Å². The number of amides is 1. The molecule has 11 heteroatoms. The summed E-state index contributed by atoms with van der Waals surface area (Å²) in [6, 6.07) is 7.24. The Morgan fingerprint density at radius 2 is 1.87 bits per heavy atom. The maximum Gasteiger partial charge on any atom is 0.313 e. The van der Waals surface area contributed by atoms with Crippen molar-refractivity contribution in [2.45, 2.75) is 47.1 Å². The first-order valence-electron chi connectivity index (χ1n) is 12.0. The summed E-state index contributed by atoms with van der Waals surface area (Å²) in [4.78, 5) is 28.8. The van der Waals surface area contributed by atoms with Gasteiger partial charge in [-0.15, -0.1) is 11.3 Å². The van der Waals surface area contributed by atoms with Gasteiger partial charge in [0, 0.05) is 35.6 Å². The van der Waals surface area contributed by atoms with Crippen molar-refractivity contribution < 1.29 is 32.8 Å². The van der Waals surface area contributed by atoms with Gasteiger partial charge in [0.2, 0.25) is 8.38 Å². The zero-order valence-electron chi connectivity index (χ0n) is 22.3. The Morgan fingerprint density at radius 3 is 2.47 bits per heavy atom. The van der Waals surface area contributed by atoms with Gasteiger partial charge in [0.1, 0.15) is 17.3 Å². The van der Waals surface area contributed by atoms with Crippen LogP contribution in [0.25, 0.3) is 0 Å². The SMILES string of the molecule is COP(OCOC(=O)C(C)(C)C)c1ccc(OC2=CCC(C(=O)Nc3nccs3)=CC(OC(C)C)=C2)cc1. The molecule has 0 saturated heterocycles. The second kappa shape index (κ2) is 13.7. The first-order valence-corrected chi connectivity index (χ1v) is 14.0. The van der Waals surface area contributed by atoms with Crippen LogP contribution in [-0.2, 0) is 28.1 Å². The van der Waals surface area contributed by atoms with Crippen LogP contribution in [0.1, 0.15) is 41.0 Å². The number of carbonyl (C=O) groups is 2. The average Bonchev–Trinajstić information content (AvgIpc) is 3.28. The van der Waals surface area contributed by atoms with E-state index in [1.165, 1.54) is 18.4 Å². The number of anilines is 1. The third kappa shape index (κ3) is 9.06. The summed E-state index contributed by atoms with van der Waals surface area (Å²) in [7, 11) is 0.0953. The minimum atomic E-state index is -1.44. The van der Waals surface area contributed by atoms with E-state index in [0.29, 0.717) is 34.4 Å². The number of aromatic nitrogens is 1. The van der Waals surface area contributed by atoms with Gasteiger partial charge in [-0.2, -0.15) is 0 Å². The van der Waals surface area contributed by atoms with Crippen LogP contribution < -0.4 is 15.4 Å². The third-order valence-electron chi connectivity index (χ3n) is 4.86. The van der Waals surface area contributed by atoms with Crippen molar-refractivity contribution in [1.29, 1.82) is 0 Å². The van der Waals surface area contributed by atoms with Crippen molar-refractivity contribution in [2.24, 2.45) is 5.41 Å². The van der Waals surface area contributed by atoms with Crippen molar-refractivity contribution in [1.82, 2.24) is 4.98 Å². The number of nitrogens with one attached hydrogen (secondary N) is 1. The Labute approximate surface area is 228 Å². The molecule has 1 N–H and O–H groups in total. The smallest absolute Gasteiger partial charge is 0.313 e. The molecule has 1 amide bonds. The summed E-state index contributed by atoms with van der Waals surface area (Å²) in [6.07, 6.45) is 7.20. The number of thiazole rings is 1. The largest absolute Gasteiger partial charge is 0.491 e. The molecule has 3 rings (SSSR count). The Balaban J connectivity index is 1.66. The number of hydrogen-bond acceptors (Lipinski definition) is 9. The van der Waals surface area contributed by atoms with Gasteiger partial charge in [0.05, 0.1) is 11.5 Å². The molecule has 1 unspecified atom stereocenters. The van der Waals surface area contributed by atoms with E-state index in [1.807, 2.05) is 32.1 Å². The minimum absolute atomic E-state index is 0.0876. The quantitative estimate of drug-likeness (QED) is 0.208. The van der Waals surface area contributed by atoms with Gasteiger partial charge in [-0.05, 0) is 77.5 Å². The van der Waals surface area contributed by atoms with Gasteiger partial charge >= 0.3 is 5.97 Å². The number of allylic oxidation sites excluding steroid dienone is 3. The lowest BCUT2D eigenvalue weighted by atomic mass is 9.98. The van der Waals surface area contributed by atoms with E-state index < -0.39 is 13.8 Å². The molecule has 1 atom stereocenters.